The maximum atomic E-state index is 9.29. The maximum Gasteiger partial charge on any atom is 0.105 e. The Labute approximate surface area is 85.1 Å². The zero-order chi connectivity index (χ0) is 10.8. The zero-order valence-corrected chi connectivity index (χ0v) is 8.75. The van der Waals surface area contributed by atoms with E-state index >= 15 is 0 Å². The van der Waals surface area contributed by atoms with Crippen molar-refractivity contribution in [3.63, 3.8) is 0 Å². The van der Waals surface area contributed by atoms with Gasteiger partial charge in [-0.3, -0.25) is 0 Å². The van der Waals surface area contributed by atoms with Crippen LogP contribution in [0.2, 0.25) is 0 Å². The largest absolute Gasteiger partial charge is 0.511 e. The number of hydrogen-bond donors (Lipinski definition) is 2. The molecule has 0 spiro atoms. The monoisotopic (exact) mass is 191 g/mol. The smallest absolute Gasteiger partial charge is 0.105 e. The molecule has 0 saturated heterocycles. The third-order valence-electron chi connectivity index (χ3n) is 2.31. The lowest BCUT2D eigenvalue weighted by Crippen LogP contribution is -2.40. The van der Waals surface area contributed by atoms with Crippen LogP contribution in [-0.4, -0.2) is 10.6 Å². The Morgan fingerprint density at radius 2 is 2.21 bits per heavy atom. The molecular formula is C12H17NO. The number of hydrogen-bond acceptors (Lipinski definition) is 2. The van der Waals surface area contributed by atoms with Crippen LogP contribution < -0.4 is 5.73 Å². The average molecular weight is 191 g/mol. The summed E-state index contributed by atoms with van der Waals surface area (Å²) in [6.45, 7) is 7.28. The second-order valence-corrected chi connectivity index (χ2v) is 4.03. The van der Waals surface area contributed by atoms with Gasteiger partial charge in [-0.1, -0.05) is 36.4 Å². The molecule has 76 valence electrons. The molecule has 0 aliphatic rings. The lowest BCUT2D eigenvalue weighted by Gasteiger charge is -2.23. The molecule has 0 bridgehead atoms. The van der Waals surface area contributed by atoms with Crippen molar-refractivity contribution in [3.05, 3.63) is 47.7 Å². The predicted molar refractivity (Wildman–Crippen MR) is 59.2 cm³/mol. The van der Waals surface area contributed by atoms with Crippen LogP contribution in [0.15, 0.2) is 36.6 Å². The highest BCUT2D eigenvalue weighted by atomic mass is 16.3. The highest BCUT2D eigenvalue weighted by molar-refractivity contribution is 5.25. The Bertz CT molecular complexity index is 342. The van der Waals surface area contributed by atoms with Crippen LogP contribution in [0.3, 0.4) is 0 Å². The van der Waals surface area contributed by atoms with Crippen molar-refractivity contribution in [2.75, 3.05) is 0 Å². The molecule has 0 fully saturated rings. The van der Waals surface area contributed by atoms with Crippen molar-refractivity contribution >= 4 is 0 Å². The van der Waals surface area contributed by atoms with E-state index in [0.717, 1.165) is 5.56 Å². The first-order valence-electron chi connectivity index (χ1n) is 4.64. The quantitative estimate of drug-likeness (QED) is 0.720. The van der Waals surface area contributed by atoms with Crippen molar-refractivity contribution in [1.82, 2.24) is 0 Å². The maximum absolute atomic E-state index is 9.29. The number of aliphatic hydroxyl groups excluding tert-OH is 1. The van der Waals surface area contributed by atoms with E-state index in [-0.39, 0.29) is 5.76 Å². The molecule has 1 aromatic rings. The summed E-state index contributed by atoms with van der Waals surface area (Å²) < 4.78 is 0. The summed E-state index contributed by atoms with van der Waals surface area (Å²) in [4.78, 5) is 0. The molecule has 0 radical (unpaired) electrons. The van der Waals surface area contributed by atoms with Gasteiger partial charge in [-0.15, -0.1) is 0 Å². The fraction of sp³-hybridized carbons (Fsp3) is 0.333. The standard InChI is InChI=1S/C12H17NO/c1-9-5-4-6-11(7-9)8-12(3,13)10(2)14/h4-7,14H,2,8,13H2,1,3H3. The SMILES string of the molecule is C=C(O)C(C)(N)Cc1cccc(C)c1. The van der Waals surface area contributed by atoms with Crippen LogP contribution in [0.5, 0.6) is 0 Å². The summed E-state index contributed by atoms with van der Waals surface area (Å²) in [5.41, 5.74) is 7.46. The molecule has 1 rings (SSSR count). The summed E-state index contributed by atoms with van der Waals surface area (Å²) in [6.07, 6.45) is 0.601. The van der Waals surface area contributed by atoms with Gasteiger partial charge >= 0.3 is 0 Å². The second kappa shape index (κ2) is 3.84. The molecule has 3 N–H and O–H groups in total. The Kier molecular flexibility index (Phi) is 2.96. The van der Waals surface area contributed by atoms with Crippen molar-refractivity contribution in [3.8, 4) is 0 Å². The van der Waals surface area contributed by atoms with Gasteiger partial charge in [0.2, 0.25) is 0 Å². The first-order chi connectivity index (χ1) is 6.42. The van der Waals surface area contributed by atoms with E-state index in [0.29, 0.717) is 6.42 Å². The predicted octanol–water partition coefficient (Wildman–Crippen LogP) is 2.33. The Morgan fingerprint density at radius 1 is 1.57 bits per heavy atom. The van der Waals surface area contributed by atoms with Gasteiger partial charge in [-0.2, -0.15) is 0 Å². The van der Waals surface area contributed by atoms with Gasteiger partial charge in [0, 0.05) is 0 Å². The highest BCUT2D eigenvalue weighted by Gasteiger charge is 2.22. The molecule has 1 aromatic carbocycles. The van der Waals surface area contributed by atoms with Gasteiger partial charge in [0.15, 0.2) is 0 Å². The molecule has 14 heavy (non-hydrogen) atoms. The first kappa shape index (κ1) is 10.8. The fourth-order valence-electron chi connectivity index (χ4n) is 1.35. The lowest BCUT2D eigenvalue weighted by atomic mass is 9.92. The summed E-state index contributed by atoms with van der Waals surface area (Å²) in [6, 6.07) is 8.08. The second-order valence-electron chi connectivity index (χ2n) is 4.03. The van der Waals surface area contributed by atoms with Gasteiger partial charge in [0.25, 0.3) is 0 Å². The van der Waals surface area contributed by atoms with Crippen molar-refractivity contribution < 1.29 is 5.11 Å². The normalized spacial score (nSPS) is 14.8. The zero-order valence-electron chi connectivity index (χ0n) is 8.75. The highest BCUT2D eigenvalue weighted by Crippen LogP contribution is 2.16. The minimum absolute atomic E-state index is 0.0269. The number of rotatable bonds is 3. The fourth-order valence-corrected chi connectivity index (χ4v) is 1.35. The summed E-state index contributed by atoms with van der Waals surface area (Å²) in [5, 5.41) is 9.29. The van der Waals surface area contributed by atoms with Crippen molar-refractivity contribution in [2.24, 2.45) is 5.73 Å². The molecule has 2 nitrogen and oxygen atoms in total. The Morgan fingerprint density at radius 3 is 2.71 bits per heavy atom. The van der Waals surface area contributed by atoms with E-state index in [9.17, 15) is 5.11 Å². The minimum Gasteiger partial charge on any atom is -0.511 e. The van der Waals surface area contributed by atoms with E-state index in [4.69, 9.17) is 5.73 Å². The molecule has 0 aliphatic carbocycles. The van der Waals surface area contributed by atoms with Gasteiger partial charge in [0.1, 0.15) is 5.76 Å². The Balaban J connectivity index is 2.83. The molecule has 1 atom stereocenters. The number of nitrogens with two attached hydrogens (primary N) is 1. The molecule has 0 amide bonds. The molecule has 0 heterocycles. The van der Waals surface area contributed by atoms with E-state index in [2.05, 4.69) is 12.6 Å². The Hall–Kier alpha value is -1.28. The number of aliphatic hydroxyl groups is 1. The van der Waals surface area contributed by atoms with Gasteiger partial charge in [0.05, 0.1) is 5.54 Å². The third kappa shape index (κ3) is 2.60. The molecule has 2 heteroatoms. The van der Waals surface area contributed by atoms with Crippen LogP contribution in [0.1, 0.15) is 18.1 Å². The molecule has 0 saturated carbocycles. The number of aryl methyl sites for hydroxylation is 1. The van der Waals surface area contributed by atoms with Crippen LogP contribution in [0, 0.1) is 6.92 Å². The van der Waals surface area contributed by atoms with E-state index in [1.807, 2.05) is 25.1 Å². The topological polar surface area (TPSA) is 46.2 Å². The van der Waals surface area contributed by atoms with Crippen molar-refractivity contribution in [2.45, 2.75) is 25.8 Å². The van der Waals surface area contributed by atoms with Crippen LogP contribution in [0.4, 0.5) is 0 Å². The summed E-state index contributed by atoms with van der Waals surface area (Å²) >= 11 is 0. The summed E-state index contributed by atoms with van der Waals surface area (Å²) in [5.74, 6) is 0.0269. The average Bonchev–Trinajstić information content (AvgIpc) is 2.02. The molecular weight excluding hydrogens is 174 g/mol. The molecule has 0 aliphatic heterocycles. The van der Waals surface area contributed by atoms with E-state index < -0.39 is 5.54 Å². The van der Waals surface area contributed by atoms with E-state index in [1.54, 1.807) is 6.92 Å². The molecule has 1 unspecified atom stereocenters. The van der Waals surface area contributed by atoms with Gasteiger partial charge in [-0.05, 0) is 25.8 Å². The van der Waals surface area contributed by atoms with Gasteiger partial charge in [-0.25, -0.2) is 0 Å². The van der Waals surface area contributed by atoms with Crippen molar-refractivity contribution in [1.29, 1.82) is 0 Å². The molecule has 0 aromatic heterocycles. The van der Waals surface area contributed by atoms with E-state index in [1.165, 1.54) is 5.56 Å². The van der Waals surface area contributed by atoms with Crippen LogP contribution in [-0.2, 0) is 6.42 Å². The first-order valence-corrected chi connectivity index (χ1v) is 4.64. The van der Waals surface area contributed by atoms with Gasteiger partial charge < -0.3 is 10.8 Å². The van der Waals surface area contributed by atoms with Crippen LogP contribution in [0.25, 0.3) is 0 Å². The number of benzene rings is 1. The third-order valence-corrected chi connectivity index (χ3v) is 2.31. The lowest BCUT2D eigenvalue weighted by molar-refractivity contribution is 0.309. The minimum atomic E-state index is -0.742. The van der Waals surface area contributed by atoms with Crippen LogP contribution >= 0.6 is 0 Å². The summed E-state index contributed by atoms with van der Waals surface area (Å²) in [7, 11) is 0.